The van der Waals surface area contributed by atoms with Gasteiger partial charge >= 0.3 is 11.9 Å². The topological polar surface area (TPSA) is 52.6 Å². The van der Waals surface area contributed by atoms with Gasteiger partial charge in [-0.05, 0) is 25.8 Å². The number of esters is 2. The molecule has 0 radical (unpaired) electrons. The van der Waals surface area contributed by atoms with Crippen molar-refractivity contribution >= 4 is 11.9 Å². The molecule has 3 unspecified atom stereocenters. The van der Waals surface area contributed by atoms with Gasteiger partial charge in [0.05, 0.1) is 5.92 Å². The number of hydrogen-bond donors (Lipinski definition) is 0. The van der Waals surface area contributed by atoms with Crippen LogP contribution in [0, 0.1) is 5.92 Å². The van der Waals surface area contributed by atoms with E-state index in [2.05, 4.69) is 6.58 Å². The van der Waals surface area contributed by atoms with Crippen LogP contribution in [0.3, 0.4) is 0 Å². The molecule has 2 bridgehead atoms. The van der Waals surface area contributed by atoms with E-state index < -0.39 is 0 Å². The third kappa shape index (κ3) is 2.01. The van der Waals surface area contributed by atoms with Gasteiger partial charge in [-0.1, -0.05) is 18.2 Å². The summed E-state index contributed by atoms with van der Waals surface area (Å²) < 4.78 is 10.7. The standard InChI is InChI=1S/C15H16O4/c1-8-4-3-5-10-7-12(19-15(10)17)13-9(2)14(16)18-11(13)6-8/h5-6,11-13H,2-4,7H2,1H3. The fourth-order valence-electron chi connectivity index (χ4n) is 2.94. The van der Waals surface area contributed by atoms with Crippen LogP contribution in [-0.4, -0.2) is 24.1 Å². The van der Waals surface area contributed by atoms with Gasteiger partial charge in [0.2, 0.25) is 0 Å². The van der Waals surface area contributed by atoms with Crippen LogP contribution in [0.15, 0.2) is 35.5 Å². The fraction of sp³-hybridized carbons (Fsp3) is 0.467. The molecule has 3 rings (SSSR count). The molecule has 3 aliphatic rings. The summed E-state index contributed by atoms with van der Waals surface area (Å²) in [6.45, 7) is 5.81. The largest absolute Gasteiger partial charge is 0.458 e. The quantitative estimate of drug-likeness (QED) is 0.380. The van der Waals surface area contributed by atoms with Gasteiger partial charge in [-0.25, -0.2) is 9.59 Å². The smallest absolute Gasteiger partial charge is 0.334 e. The number of carbonyl (C=O) groups is 2. The zero-order valence-electron chi connectivity index (χ0n) is 10.8. The monoisotopic (exact) mass is 260 g/mol. The van der Waals surface area contributed by atoms with Gasteiger partial charge in [0.25, 0.3) is 0 Å². The Morgan fingerprint density at radius 3 is 2.84 bits per heavy atom. The Bertz CT molecular complexity index is 526. The first-order chi connectivity index (χ1) is 9.06. The van der Waals surface area contributed by atoms with E-state index in [-0.39, 0.29) is 30.1 Å². The summed E-state index contributed by atoms with van der Waals surface area (Å²) in [4.78, 5) is 23.5. The second-order valence-electron chi connectivity index (χ2n) is 5.35. The number of rotatable bonds is 0. The van der Waals surface area contributed by atoms with Crippen LogP contribution in [0.4, 0.5) is 0 Å². The molecule has 0 aromatic carbocycles. The van der Waals surface area contributed by atoms with Crippen LogP contribution in [0.2, 0.25) is 0 Å². The van der Waals surface area contributed by atoms with Crippen LogP contribution in [0.5, 0.6) is 0 Å². The highest BCUT2D eigenvalue weighted by atomic mass is 16.6. The maximum absolute atomic E-state index is 11.8. The zero-order valence-corrected chi connectivity index (χ0v) is 10.8. The molecule has 1 aliphatic carbocycles. The first kappa shape index (κ1) is 12.2. The van der Waals surface area contributed by atoms with Crippen LogP contribution >= 0.6 is 0 Å². The molecule has 19 heavy (non-hydrogen) atoms. The molecule has 100 valence electrons. The average Bonchev–Trinajstić information content (AvgIpc) is 2.81. The van der Waals surface area contributed by atoms with Crippen molar-refractivity contribution in [3.63, 3.8) is 0 Å². The van der Waals surface area contributed by atoms with Gasteiger partial charge in [0.1, 0.15) is 12.2 Å². The number of allylic oxidation sites excluding steroid dienone is 2. The Kier molecular flexibility index (Phi) is 2.81. The Labute approximate surface area is 111 Å². The van der Waals surface area contributed by atoms with Crippen molar-refractivity contribution in [3.05, 3.63) is 35.5 Å². The van der Waals surface area contributed by atoms with E-state index in [1.807, 2.05) is 19.1 Å². The molecule has 0 aromatic heterocycles. The molecular weight excluding hydrogens is 244 g/mol. The molecule has 0 spiro atoms. The highest BCUT2D eigenvalue weighted by Crippen LogP contribution is 2.39. The summed E-state index contributed by atoms with van der Waals surface area (Å²) in [6.07, 6.45) is 5.44. The molecule has 0 amide bonds. The van der Waals surface area contributed by atoms with Crippen molar-refractivity contribution in [3.8, 4) is 0 Å². The summed E-state index contributed by atoms with van der Waals surface area (Å²) in [7, 11) is 0. The van der Waals surface area contributed by atoms with E-state index in [0.717, 1.165) is 18.4 Å². The third-order valence-electron chi connectivity index (χ3n) is 3.98. The molecule has 2 fully saturated rings. The van der Waals surface area contributed by atoms with Gasteiger partial charge in [-0.15, -0.1) is 0 Å². The Morgan fingerprint density at radius 2 is 2.05 bits per heavy atom. The van der Waals surface area contributed by atoms with Crippen LogP contribution in [0.25, 0.3) is 0 Å². The van der Waals surface area contributed by atoms with Crippen LogP contribution in [-0.2, 0) is 19.1 Å². The molecule has 2 heterocycles. The van der Waals surface area contributed by atoms with E-state index in [9.17, 15) is 9.59 Å². The summed E-state index contributed by atoms with van der Waals surface area (Å²) >= 11 is 0. The van der Waals surface area contributed by atoms with E-state index >= 15 is 0 Å². The van der Waals surface area contributed by atoms with Crippen LogP contribution in [0.1, 0.15) is 26.2 Å². The van der Waals surface area contributed by atoms with Gasteiger partial charge in [-0.2, -0.15) is 0 Å². The highest BCUT2D eigenvalue weighted by Gasteiger charge is 2.47. The lowest BCUT2D eigenvalue weighted by Crippen LogP contribution is -2.28. The lowest BCUT2D eigenvalue weighted by Gasteiger charge is -2.21. The lowest BCUT2D eigenvalue weighted by atomic mass is 9.87. The predicted molar refractivity (Wildman–Crippen MR) is 68.1 cm³/mol. The van der Waals surface area contributed by atoms with E-state index in [1.165, 1.54) is 0 Å². The van der Waals surface area contributed by atoms with Crippen molar-refractivity contribution in [2.75, 3.05) is 0 Å². The number of fused-ring (bicyclic) bond motifs is 4. The van der Waals surface area contributed by atoms with Gasteiger partial charge in [0.15, 0.2) is 0 Å². The van der Waals surface area contributed by atoms with Crippen molar-refractivity contribution in [2.24, 2.45) is 5.92 Å². The lowest BCUT2D eigenvalue weighted by molar-refractivity contribution is -0.141. The molecule has 0 aromatic rings. The summed E-state index contributed by atoms with van der Waals surface area (Å²) in [5.74, 6) is -0.905. The minimum absolute atomic E-state index is 0.254. The maximum atomic E-state index is 11.8. The van der Waals surface area contributed by atoms with Crippen molar-refractivity contribution in [1.29, 1.82) is 0 Å². The SMILES string of the molecule is C=C1C(=O)OC2C=C(C)CCC=C3CC(OC3=O)C12. The normalized spacial score (nSPS) is 34.2. The average molecular weight is 260 g/mol. The second-order valence-corrected chi connectivity index (χ2v) is 5.35. The van der Waals surface area contributed by atoms with Gasteiger partial charge in [0, 0.05) is 17.6 Å². The zero-order chi connectivity index (χ0) is 13.6. The molecule has 4 nitrogen and oxygen atoms in total. The number of ether oxygens (including phenoxy) is 2. The molecule has 2 saturated heterocycles. The first-order valence-corrected chi connectivity index (χ1v) is 6.53. The second kappa shape index (κ2) is 4.37. The Hall–Kier alpha value is -1.84. The Balaban J connectivity index is 2.00. The first-order valence-electron chi connectivity index (χ1n) is 6.53. The Morgan fingerprint density at radius 1 is 1.26 bits per heavy atom. The van der Waals surface area contributed by atoms with Crippen molar-refractivity contribution < 1.29 is 19.1 Å². The third-order valence-corrected chi connectivity index (χ3v) is 3.98. The molecule has 3 atom stereocenters. The molecule has 0 saturated carbocycles. The molecular formula is C15H16O4. The van der Waals surface area contributed by atoms with Gasteiger partial charge in [-0.3, -0.25) is 0 Å². The van der Waals surface area contributed by atoms with Gasteiger partial charge < -0.3 is 9.47 Å². The summed E-state index contributed by atoms with van der Waals surface area (Å²) in [5, 5.41) is 0. The van der Waals surface area contributed by atoms with E-state index in [1.54, 1.807) is 0 Å². The van der Waals surface area contributed by atoms with E-state index in [4.69, 9.17) is 9.47 Å². The summed E-state index contributed by atoms with van der Waals surface area (Å²) in [5.41, 5.74) is 2.28. The minimum Gasteiger partial charge on any atom is -0.458 e. The predicted octanol–water partition coefficient (Wildman–Crippen LogP) is 2.07. The van der Waals surface area contributed by atoms with Crippen molar-refractivity contribution in [2.45, 2.75) is 38.4 Å². The number of carbonyl (C=O) groups excluding carboxylic acids is 2. The minimum atomic E-state index is -0.383. The van der Waals surface area contributed by atoms with Crippen LogP contribution < -0.4 is 0 Å². The number of hydrogen-bond acceptors (Lipinski definition) is 4. The summed E-state index contributed by atoms with van der Waals surface area (Å²) in [6, 6.07) is 0. The highest BCUT2D eigenvalue weighted by molar-refractivity contribution is 5.93. The molecule has 0 N–H and O–H groups in total. The fourth-order valence-corrected chi connectivity index (χ4v) is 2.94. The molecule has 4 heteroatoms. The van der Waals surface area contributed by atoms with E-state index in [0.29, 0.717) is 17.6 Å². The maximum Gasteiger partial charge on any atom is 0.334 e. The molecule has 2 aliphatic heterocycles. The van der Waals surface area contributed by atoms with Crippen molar-refractivity contribution in [1.82, 2.24) is 0 Å².